The summed E-state index contributed by atoms with van der Waals surface area (Å²) in [6.07, 6.45) is -0.919. The summed E-state index contributed by atoms with van der Waals surface area (Å²) < 4.78 is 14.7. The van der Waals surface area contributed by atoms with E-state index in [-0.39, 0.29) is 12.4 Å². The largest absolute Gasteiger partial charge is 0.387 e. The third-order valence-corrected chi connectivity index (χ3v) is 4.07. The fourth-order valence-corrected chi connectivity index (χ4v) is 2.77. The molecule has 27 heavy (non-hydrogen) atoms. The molecule has 0 spiro atoms. The summed E-state index contributed by atoms with van der Waals surface area (Å²) in [5.74, 6) is -0.376. The van der Waals surface area contributed by atoms with Crippen molar-refractivity contribution in [2.24, 2.45) is 0 Å². The zero-order valence-corrected chi connectivity index (χ0v) is 15.1. The van der Waals surface area contributed by atoms with E-state index in [0.717, 1.165) is 17.1 Å². The maximum atomic E-state index is 12.9. The molecule has 0 aliphatic carbocycles. The molecule has 0 radical (unpaired) electrons. The Hall–Kier alpha value is -3.19. The number of benzene rings is 2. The lowest BCUT2D eigenvalue weighted by Gasteiger charge is -2.13. The molecule has 140 valence electrons. The molecule has 0 saturated heterocycles. The van der Waals surface area contributed by atoms with Gasteiger partial charge in [0.1, 0.15) is 5.82 Å². The Kier molecular flexibility index (Phi) is 5.52. The number of aryl methyl sites for hydroxylation is 2. The minimum absolute atomic E-state index is 0.00855. The average Bonchev–Trinajstić information content (AvgIpc) is 2.99. The number of carbonyl (C=O) groups is 1. The van der Waals surface area contributed by atoms with Crippen molar-refractivity contribution in [2.75, 3.05) is 11.9 Å². The molecule has 0 bridgehead atoms. The zero-order valence-electron chi connectivity index (χ0n) is 15.1. The topological polar surface area (TPSA) is 79.2 Å². The minimum Gasteiger partial charge on any atom is -0.387 e. The third kappa shape index (κ3) is 4.71. The first kappa shape index (κ1) is 18.6. The lowest BCUT2D eigenvalue weighted by molar-refractivity contribution is 0.175. The zero-order chi connectivity index (χ0) is 19.4. The number of nitrogens with one attached hydrogen (secondary N) is 2. The van der Waals surface area contributed by atoms with Gasteiger partial charge >= 0.3 is 6.03 Å². The van der Waals surface area contributed by atoms with E-state index >= 15 is 0 Å². The number of rotatable bonds is 5. The molecule has 0 fully saturated rings. The summed E-state index contributed by atoms with van der Waals surface area (Å²) in [4.78, 5) is 12.1. The lowest BCUT2D eigenvalue weighted by atomic mass is 10.1. The summed E-state index contributed by atoms with van der Waals surface area (Å²) in [5.41, 5.74) is 3.89. The first-order chi connectivity index (χ1) is 12.9. The monoisotopic (exact) mass is 368 g/mol. The van der Waals surface area contributed by atoms with Gasteiger partial charge in [-0.3, -0.25) is 0 Å². The summed E-state index contributed by atoms with van der Waals surface area (Å²) in [6, 6.07) is 14.3. The third-order valence-electron chi connectivity index (χ3n) is 4.07. The molecule has 0 aliphatic rings. The maximum absolute atomic E-state index is 12.9. The average molecular weight is 368 g/mol. The predicted molar refractivity (Wildman–Crippen MR) is 101 cm³/mol. The highest BCUT2D eigenvalue weighted by molar-refractivity contribution is 5.89. The maximum Gasteiger partial charge on any atom is 0.319 e. The first-order valence-electron chi connectivity index (χ1n) is 8.54. The number of amides is 2. The number of nitrogens with zero attached hydrogens (tertiary/aromatic N) is 2. The normalized spacial score (nSPS) is 11.9. The molecule has 3 N–H and O–H groups in total. The van der Waals surface area contributed by atoms with Crippen LogP contribution in [0.1, 0.15) is 23.1 Å². The molecule has 3 rings (SSSR count). The minimum atomic E-state index is -0.919. The van der Waals surface area contributed by atoms with Gasteiger partial charge in [0.2, 0.25) is 0 Å². The van der Waals surface area contributed by atoms with E-state index in [4.69, 9.17) is 0 Å². The molecule has 0 aliphatic heterocycles. The van der Waals surface area contributed by atoms with Crippen molar-refractivity contribution in [3.8, 4) is 5.69 Å². The molecule has 2 amide bonds. The van der Waals surface area contributed by atoms with Crippen LogP contribution >= 0.6 is 0 Å². The number of hydrogen-bond acceptors (Lipinski definition) is 3. The van der Waals surface area contributed by atoms with Crippen molar-refractivity contribution in [3.05, 3.63) is 77.4 Å². The molecule has 1 atom stereocenters. The molecule has 3 aromatic rings. The molecule has 1 aromatic heterocycles. The molecule has 1 heterocycles. The van der Waals surface area contributed by atoms with E-state index in [1.807, 2.05) is 38.1 Å². The smallest absolute Gasteiger partial charge is 0.319 e. The molecule has 1 unspecified atom stereocenters. The van der Waals surface area contributed by atoms with Crippen LogP contribution in [0.4, 0.5) is 14.9 Å². The second-order valence-electron chi connectivity index (χ2n) is 6.29. The van der Waals surface area contributed by atoms with Gasteiger partial charge in [-0.1, -0.05) is 18.2 Å². The van der Waals surface area contributed by atoms with Crippen LogP contribution in [-0.4, -0.2) is 27.5 Å². The van der Waals surface area contributed by atoms with E-state index in [2.05, 4.69) is 15.7 Å². The second kappa shape index (κ2) is 8.01. The molecule has 2 aromatic carbocycles. The van der Waals surface area contributed by atoms with Crippen molar-refractivity contribution < 1.29 is 14.3 Å². The van der Waals surface area contributed by atoms with E-state index in [0.29, 0.717) is 11.3 Å². The van der Waals surface area contributed by atoms with Crippen LogP contribution < -0.4 is 10.6 Å². The molecular weight excluding hydrogens is 347 g/mol. The Labute approximate surface area is 156 Å². The van der Waals surface area contributed by atoms with Gasteiger partial charge in [0.15, 0.2) is 0 Å². The van der Waals surface area contributed by atoms with Crippen LogP contribution in [0.15, 0.2) is 54.6 Å². The van der Waals surface area contributed by atoms with Crippen LogP contribution in [0.2, 0.25) is 0 Å². The number of halogens is 1. The summed E-state index contributed by atoms with van der Waals surface area (Å²) in [7, 11) is 0. The van der Waals surface area contributed by atoms with Gasteiger partial charge in [0.25, 0.3) is 0 Å². The highest BCUT2D eigenvalue weighted by atomic mass is 19.1. The van der Waals surface area contributed by atoms with E-state index in [1.54, 1.807) is 10.7 Å². The molecular formula is C20H21FN4O2. The van der Waals surface area contributed by atoms with Gasteiger partial charge < -0.3 is 15.7 Å². The predicted octanol–water partition coefficient (Wildman–Crippen LogP) is 3.48. The van der Waals surface area contributed by atoms with Crippen LogP contribution in [0, 0.1) is 19.7 Å². The Bertz CT molecular complexity index is 937. The lowest BCUT2D eigenvalue weighted by Crippen LogP contribution is -2.32. The Balaban J connectivity index is 1.60. The second-order valence-corrected chi connectivity index (χ2v) is 6.29. The van der Waals surface area contributed by atoms with E-state index in [9.17, 15) is 14.3 Å². The van der Waals surface area contributed by atoms with Crippen LogP contribution in [-0.2, 0) is 0 Å². The van der Waals surface area contributed by atoms with Crippen molar-refractivity contribution in [1.82, 2.24) is 15.1 Å². The fraction of sp³-hybridized carbons (Fsp3) is 0.200. The number of anilines is 1. The number of hydrogen-bond donors (Lipinski definition) is 3. The van der Waals surface area contributed by atoms with Crippen molar-refractivity contribution in [1.29, 1.82) is 0 Å². The summed E-state index contributed by atoms with van der Waals surface area (Å²) >= 11 is 0. The van der Waals surface area contributed by atoms with E-state index < -0.39 is 12.1 Å². The van der Waals surface area contributed by atoms with Gasteiger partial charge in [-0.05, 0) is 55.8 Å². The fourth-order valence-electron chi connectivity index (χ4n) is 2.77. The summed E-state index contributed by atoms with van der Waals surface area (Å²) in [6.45, 7) is 3.89. The van der Waals surface area contributed by atoms with Crippen molar-refractivity contribution in [2.45, 2.75) is 20.0 Å². The van der Waals surface area contributed by atoms with Gasteiger partial charge in [-0.15, -0.1) is 0 Å². The van der Waals surface area contributed by atoms with Crippen LogP contribution in [0.5, 0.6) is 0 Å². The van der Waals surface area contributed by atoms with Gasteiger partial charge in [0, 0.05) is 17.9 Å². The van der Waals surface area contributed by atoms with Crippen LogP contribution in [0.25, 0.3) is 5.69 Å². The SMILES string of the molecule is Cc1cc(C)n(-c2cccc(NC(=O)NCC(O)c3ccc(F)cc3)c2)n1. The highest BCUT2D eigenvalue weighted by Gasteiger charge is 2.10. The molecule has 6 nitrogen and oxygen atoms in total. The number of carbonyl (C=O) groups excluding carboxylic acids is 1. The van der Waals surface area contributed by atoms with Crippen LogP contribution in [0.3, 0.4) is 0 Å². The Morgan fingerprint density at radius 3 is 2.59 bits per heavy atom. The Morgan fingerprint density at radius 1 is 1.19 bits per heavy atom. The number of aliphatic hydroxyl groups excluding tert-OH is 1. The van der Waals surface area contributed by atoms with Gasteiger partial charge in [-0.2, -0.15) is 5.10 Å². The number of aliphatic hydroxyl groups is 1. The van der Waals surface area contributed by atoms with Crippen molar-refractivity contribution in [3.63, 3.8) is 0 Å². The molecule has 7 heteroatoms. The highest BCUT2D eigenvalue weighted by Crippen LogP contribution is 2.17. The molecule has 0 saturated carbocycles. The van der Waals surface area contributed by atoms with E-state index in [1.165, 1.54) is 24.3 Å². The summed E-state index contributed by atoms with van der Waals surface area (Å²) in [5, 5.41) is 19.8. The van der Waals surface area contributed by atoms with Gasteiger partial charge in [-0.25, -0.2) is 13.9 Å². The quantitative estimate of drug-likeness (QED) is 0.645. The van der Waals surface area contributed by atoms with Crippen molar-refractivity contribution >= 4 is 11.7 Å². The van der Waals surface area contributed by atoms with Gasteiger partial charge in [0.05, 0.1) is 17.5 Å². The number of aromatic nitrogens is 2. The Morgan fingerprint density at radius 2 is 1.93 bits per heavy atom. The standard InChI is InChI=1S/C20H21FN4O2/c1-13-10-14(2)25(24-13)18-5-3-4-17(11-18)23-20(27)22-12-19(26)15-6-8-16(21)9-7-15/h3-11,19,26H,12H2,1-2H3,(H2,22,23,27). The first-order valence-corrected chi connectivity index (χ1v) is 8.54. The number of urea groups is 1.